The first-order valence-corrected chi connectivity index (χ1v) is 20.5. The number of carbonyl (C=O) groups excluding carboxylic acids is 1. The molecule has 9 nitrogen and oxygen atoms in total. The van der Waals surface area contributed by atoms with E-state index in [0.717, 1.165) is 50.2 Å². The third kappa shape index (κ3) is 13.0. The summed E-state index contributed by atoms with van der Waals surface area (Å²) in [6.45, 7) is 4.95. The van der Waals surface area contributed by atoms with Gasteiger partial charge in [-0.1, -0.05) is 12.1 Å². The Balaban J connectivity index is 0.000000228. The molecule has 0 bridgehead atoms. The topological polar surface area (TPSA) is 121 Å². The maximum atomic E-state index is 12.7. The van der Waals surface area contributed by atoms with E-state index in [-0.39, 0.29) is 12.5 Å². The summed E-state index contributed by atoms with van der Waals surface area (Å²) in [7, 11) is 1.30. The van der Waals surface area contributed by atoms with E-state index in [1.807, 2.05) is 38.1 Å². The van der Waals surface area contributed by atoms with Gasteiger partial charge < -0.3 is 23.7 Å². The van der Waals surface area contributed by atoms with Crippen molar-refractivity contribution in [2.75, 3.05) is 20.3 Å². The lowest BCUT2D eigenvalue weighted by Gasteiger charge is -2.08. The fourth-order valence-corrected chi connectivity index (χ4v) is 8.22. The molecule has 2 aromatic heterocycles. The normalized spacial score (nSPS) is 11.4. The minimum atomic E-state index is -4.39. The van der Waals surface area contributed by atoms with E-state index in [9.17, 15) is 35.9 Å². The van der Waals surface area contributed by atoms with Crippen molar-refractivity contribution in [2.24, 2.45) is 0 Å². The number of benzene rings is 4. The number of hydrogen-bond acceptors (Lipinski definition) is 11. The van der Waals surface area contributed by atoms with Crippen LogP contribution in [0, 0.1) is 20.8 Å². The number of aryl methyl sites for hydroxylation is 3. The molecule has 0 aliphatic rings. The highest BCUT2D eigenvalue weighted by atomic mass is 32.2. The fraction of sp³-hybridized carbons (Fsp3) is 0.238. The first kappa shape index (κ1) is 45.6. The van der Waals surface area contributed by atoms with Gasteiger partial charge in [0.05, 0.1) is 35.4 Å². The standard InChI is InChI=1S/C21H18F3NO4S.C21H18F3NO3S2/c1-12-9-16(7-8-17(12)28-10-19(26)27)30-11-18-13(2)25-20(29-18)14-3-5-15(6-4-14)21(22,23)24;1-13-18(12-29-17-9-7-16(8-10-17)28-11-19(26)27-2)30-20(25-13)14-3-5-15(6-4-14)21(22,23)24/h3-9H,10-11H2,1-2H3,(H,26,27);3-10H,11-12H2,1-2H3. The first-order valence-electron chi connectivity index (χ1n) is 17.7. The number of carboxylic acid groups (broad SMARTS) is 1. The van der Waals surface area contributed by atoms with Crippen molar-refractivity contribution < 1.29 is 59.7 Å². The highest BCUT2D eigenvalue weighted by Gasteiger charge is 2.31. The van der Waals surface area contributed by atoms with Crippen LogP contribution in [0.25, 0.3) is 22.0 Å². The van der Waals surface area contributed by atoms with E-state index in [1.54, 1.807) is 36.9 Å². The van der Waals surface area contributed by atoms with Crippen LogP contribution in [-0.2, 0) is 38.2 Å². The lowest BCUT2D eigenvalue weighted by molar-refractivity contribution is -0.143. The Morgan fingerprint density at radius 1 is 0.717 bits per heavy atom. The van der Waals surface area contributed by atoms with E-state index in [0.29, 0.717) is 50.6 Å². The molecule has 0 radical (unpaired) electrons. The van der Waals surface area contributed by atoms with Gasteiger partial charge in [0.1, 0.15) is 22.3 Å². The van der Waals surface area contributed by atoms with Gasteiger partial charge in [0.2, 0.25) is 5.89 Å². The summed E-state index contributed by atoms with van der Waals surface area (Å²) < 4.78 is 97.1. The molecule has 0 saturated heterocycles. The van der Waals surface area contributed by atoms with E-state index in [1.165, 1.54) is 54.5 Å². The van der Waals surface area contributed by atoms with Crippen molar-refractivity contribution in [3.63, 3.8) is 0 Å². The number of hydrogen-bond donors (Lipinski definition) is 1. The van der Waals surface area contributed by atoms with Gasteiger partial charge in [-0.15, -0.1) is 34.9 Å². The number of oxazole rings is 1. The maximum Gasteiger partial charge on any atom is 0.416 e. The van der Waals surface area contributed by atoms with Crippen LogP contribution in [-0.4, -0.2) is 47.3 Å². The van der Waals surface area contributed by atoms with Crippen LogP contribution in [0.3, 0.4) is 0 Å². The van der Waals surface area contributed by atoms with Crippen LogP contribution in [0.5, 0.6) is 11.5 Å². The molecule has 0 saturated carbocycles. The Labute approximate surface area is 353 Å². The van der Waals surface area contributed by atoms with Gasteiger partial charge in [-0.2, -0.15) is 26.3 Å². The average Bonchev–Trinajstić information content (AvgIpc) is 3.78. The molecule has 0 unspecified atom stereocenters. The number of carboxylic acids is 1. The van der Waals surface area contributed by atoms with Crippen LogP contribution in [0.4, 0.5) is 26.3 Å². The van der Waals surface area contributed by atoms with E-state index in [4.69, 9.17) is 19.0 Å². The number of aliphatic carboxylic acids is 1. The number of halogens is 6. The Kier molecular flexibility index (Phi) is 15.4. The van der Waals surface area contributed by atoms with Gasteiger partial charge in [-0.3, -0.25) is 0 Å². The summed E-state index contributed by atoms with van der Waals surface area (Å²) in [5.41, 5.74) is 2.07. The van der Waals surface area contributed by atoms with Gasteiger partial charge in [0, 0.05) is 31.5 Å². The monoisotopic (exact) mass is 890 g/mol. The van der Waals surface area contributed by atoms with Gasteiger partial charge in [-0.05, 0) is 105 Å². The Morgan fingerprint density at radius 2 is 1.30 bits per heavy atom. The number of nitrogens with zero attached hydrogens (tertiary/aromatic N) is 2. The molecule has 0 aliphatic carbocycles. The Hall–Kier alpha value is -5.46. The highest BCUT2D eigenvalue weighted by molar-refractivity contribution is 7.98. The summed E-state index contributed by atoms with van der Waals surface area (Å²) >= 11 is 4.58. The molecule has 6 aromatic rings. The molecule has 0 amide bonds. The molecule has 4 aromatic carbocycles. The second kappa shape index (κ2) is 20.2. The third-order valence-corrected chi connectivity index (χ3v) is 11.8. The summed E-state index contributed by atoms with van der Waals surface area (Å²) in [5, 5.41) is 9.39. The second-order valence-electron chi connectivity index (χ2n) is 12.7. The molecule has 1 N–H and O–H groups in total. The highest BCUT2D eigenvalue weighted by Crippen LogP contribution is 2.36. The predicted molar refractivity (Wildman–Crippen MR) is 216 cm³/mol. The molecular formula is C42H36F6N2O7S3. The van der Waals surface area contributed by atoms with Gasteiger partial charge >= 0.3 is 24.3 Å². The molecule has 2 heterocycles. The number of thiazole rings is 1. The number of ether oxygens (including phenoxy) is 3. The average molecular weight is 891 g/mol. The predicted octanol–water partition coefficient (Wildman–Crippen LogP) is 11.7. The number of aromatic nitrogens is 2. The van der Waals surface area contributed by atoms with Gasteiger partial charge in [-0.25, -0.2) is 19.6 Å². The Morgan fingerprint density at radius 3 is 1.87 bits per heavy atom. The summed E-state index contributed by atoms with van der Waals surface area (Å²) in [4.78, 5) is 33.5. The summed E-state index contributed by atoms with van der Waals surface area (Å²) in [5.74, 6) is 1.64. The zero-order valence-electron chi connectivity index (χ0n) is 32.3. The Bertz CT molecular complexity index is 2380. The van der Waals surface area contributed by atoms with Gasteiger partial charge in [0.25, 0.3) is 0 Å². The van der Waals surface area contributed by atoms with Crippen molar-refractivity contribution in [1.82, 2.24) is 9.97 Å². The molecule has 60 heavy (non-hydrogen) atoms. The van der Waals surface area contributed by atoms with Crippen LogP contribution >= 0.6 is 34.9 Å². The van der Waals surface area contributed by atoms with Crippen molar-refractivity contribution in [3.05, 3.63) is 130 Å². The number of esters is 1. The molecule has 316 valence electrons. The van der Waals surface area contributed by atoms with Crippen molar-refractivity contribution in [2.45, 2.75) is 54.4 Å². The van der Waals surface area contributed by atoms with Crippen molar-refractivity contribution in [3.8, 4) is 33.5 Å². The largest absolute Gasteiger partial charge is 0.482 e. The van der Waals surface area contributed by atoms with E-state index >= 15 is 0 Å². The molecular weight excluding hydrogens is 855 g/mol. The summed E-state index contributed by atoms with van der Waals surface area (Å²) in [6.07, 6.45) is -8.74. The SMILES string of the molecule is COC(=O)COc1ccc(SCc2sc(-c3ccc(C(F)(F)F)cc3)nc2C)cc1.Cc1cc(SCc2oc(-c3ccc(C(F)(F)F)cc3)nc2C)ccc1OCC(=O)O. The smallest absolute Gasteiger partial charge is 0.416 e. The van der Waals surface area contributed by atoms with Crippen LogP contribution in [0.2, 0.25) is 0 Å². The molecule has 18 heteroatoms. The fourth-order valence-electron chi connectivity index (χ4n) is 5.12. The second-order valence-corrected chi connectivity index (χ2v) is 15.9. The van der Waals surface area contributed by atoms with Crippen molar-refractivity contribution in [1.29, 1.82) is 0 Å². The molecule has 0 aliphatic heterocycles. The maximum absolute atomic E-state index is 12.7. The molecule has 0 atom stereocenters. The number of thioether (sulfide) groups is 2. The minimum absolute atomic E-state index is 0.143. The third-order valence-electron chi connectivity index (χ3n) is 8.35. The van der Waals surface area contributed by atoms with E-state index < -0.39 is 42.0 Å². The molecule has 0 spiro atoms. The number of carbonyl (C=O) groups is 2. The van der Waals surface area contributed by atoms with E-state index in [2.05, 4.69) is 14.7 Å². The first-order chi connectivity index (χ1) is 28.4. The zero-order chi connectivity index (χ0) is 43.6. The van der Waals surface area contributed by atoms with Crippen LogP contribution in [0.1, 0.15) is 38.7 Å². The van der Waals surface area contributed by atoms with Crippen LogP contribution < -0.4 is 9.47 Å². The van der Waals surface area contributed by atoms with Crippen LogP contribution in [0.15, 0.2) is 105 Å². The number of methoxy groups -OCH3 is 1. The lowest BCUT2D eigenvalue weighted by Crippen LogP contribution is -2.12. The van der Waals surface area contributed by atoms with Crippen molar-refractivity contribution >= 4 is 46.8 Å². The van der Waals surface area contributed by atoms with Gasteiger partial charge in [0.15, 0.2) is 13.2 Å². The number of rotatable bonds is 14. The molecule has 0 fully saturated rings. The lowest BCUT2D eigenvalue weighted by atomic mass is 10.1. The quantitative estimate of drug-likeness (QED) is 0.0639. The number of alkyl halides is 6. The molecule has 6 rings (SSSR count). The zero-order valence-corrected chi connectivity index (χ0v) is 34.7. The summed E-state index contributed by atoms with van der Waals surface area (Å²) in [6, 6.07) is 22.5. The minimum Gasteiger partial charge on any atom is -0.482 e.